The monoisotopic (exact) mass is 517 g/mol. The maximum atomic E-state index is 13.4. The van der Waals surface area contributed by atoms with Gasteiger partial charge in [-0.3, -0.25) is 10.1 Å². The van der Waals surface area contributed by atoms with Crippen LogP contribution in [0.4, 0.5) is 5.13 Å². The van der Waals surface area contributed by atoms with Crippen LogP contribution in [0.25, 0.3) is 32.4 Å². The number of anilines is 1. The third-order valence-corrected chi connectivity index (χ3v) is 7.62. The van der Waals surface area contributed by atoms with Crippen LogP contribution in [0.1, 0.15) is 23.7 Å². The quantitative estimate of drug-likeness (QED) is 0.286. The average molecular weight is 518 g/mol. The van der Waals surface area contributed by atoms with Crippen molar-refractivity contribution in [2.45, 2.75) is 18.2 Å². The molecular weight excluding hydrogens is 494 g/mol. The van der Waals surface area contributed by atoms with Crippen LogP contribution in [0.2, 0.25) is 0 Å². The second-order valence-electron chi connectivity index (χ2n) is 8.32. The van der Waals surface area contributed by atoms with Gasteiger partial charge in [-0.1, -0.05) is 48.6 Å². The van der Waals surface area contributed by atoms with E-state index >= 15 is 0 Å². The molecule has 0 atom stereocenters. The largest absolute Gasteiger partial charge is 0.494 e. The number of carbonyl (C=O) groups is 1. The highest BCUT2D eigenvalue weighted by atomic mass is 32.2. The van der Waals surface area contributed by atoms with Gasteiger partial charge in [-0.15, -0.1) is 0 Å². The van der Waals surface area contributed by atoms with E-state index < -0.39 is 9.84 Å². The lowest BCUT2D eigenvalue weighted by molar-refractivity contribution is 0.102. The number of ether oxygens (including phenoxy) is 1. The van der Waals surface area contributed by atoms with Gasteiger partial charge >= 0.3 is 0 Å². The zero-order chi connectivity index (χ0) is 25.3. The Bertz CT molecular complexity index is 1710. The van der Waals surface area contributed by atoms with Gasteiger partial charge in [-0.05, 0) is 48.9 Å². The molecule has 36 heavy (non-hydrogen) atoms. The summed E-state index contributed by atoms with van der Waals surface area (Å²) in [5.41, 5.74) is 3.28. The van der Waals surface area contributed by atoms with Crippen molar-refractivity contribution in [3.05, 3.63) is 78.4 Å². The van der Waals surface area contributed by atoms with Crippen LogP contribution in [0, 0.1) is 0 Å². The minimum atomic E-state index is -3.34. The van der Waals surface area contributed by atoms with Crippen LogP contribution < -0.4 is 10.1 Å². The molecule has 0 aliphatic carbocycles. The van der Waals surface area contributed by atoms with E-state index in [-0.39, 0.29) is 10.8 Å². The van der Waals surface area contributed by atoms with Gasteiger partial charge in [0.1, 0.15) is 5.75 Å². The summed E-state index contributed by atoms with van der Waals surface area (Å²) in [5.74, 6) is 0.425. The molecule has 3 aromatic carbocycles. The van der Waals surface area contributed by atoms with E-state index in [1.54, 1.807) is 18.2 Å². The third kappa shape index (κ3) is 4.93. The first kappa shape index (κ1) is 23.9. The van der Waals surface area contributed by atoms with Crippen molar-refractivity contribution in [1.82, 2.24) is 9.97 Å². The van der Waals surface area contributed by atoms with E-state index in [0.29, 0.717) is 38.7 Å². The molecule has 5 aromatic rings. The van der Waals surface area contributed by atoms with Crippen molar-refractivity contribution < 1.29 is 17.9 Å². The Morgan fingerprint density at radius 3 is 2.61 bits per heavy atom. The number of hydrogen-bond acceptors (Lipinski definition) is 7. The molecule has 0 bridgehead atoms. The summed E-state index contributed by atoms with van der Waals surface area (Å²) in [6, 6.07) is 21.6. The molecule has 182 valence electrons. The number of carbonyl (C=O) groups excluding carboxylic acids is 1. The van der Waals surface area contributed by atoms with Crippen LogP contribution in [-0.2, 0) is 9.84 Å². The maximum absolute atomic E-state index is 13.4. The number of para-hydroxylation sites is 1. The zero-order valence-corrected chi connectivity index (χ0v) is 21.3. The highest BCUT2D eigenvalue weighted by Crippen LogP contribution is 2.31. The van der Waals surface area contributed by atoms with Crippen LogP contribution in [0.15, 0.2) is 77.7 Å². The highest BCUT2D eigenvalue weighted by Gasteiger charge is 2.17. The van der Waals surface area contributed by atoms with Gasteiger partial charge in [0, 0.05) is 17.2 Å². The second-order valence-corrected chi connectivity index (χ2v) is 11.4. The topological polar surface area (TPSA) is 98.2 Å². The Kier molecular flexibility index (Phi) is 6.42. The fraction of sp³-hybridized carbons (Fsp3) is 0.148. The fourth-order valence-corrected chi connectivity index (χ4v) is 5.45. The van der Waals surface area contributed by atoms with Gasteiger partial charge in [0.25, 0.3) is 5.91 Å². The molecule has 0 spiro atoms. The SMILES string of the molecule is CCCOc1cccc(-c2cc(C(=O)Nc3nc4ccc(S(C)(=O)=O)cc4s3)c3ccccc3n2)c1. The summed E-state index contributed by atoms with van der Waals surface area (Å²) in [6.45, 7) is 2.67. The lowest BCUT2D eigenvalue weighted by Crippen LogP contribution is -2.13. The minimum absolute atomic E-state index is 0.214. The number of aromatic nitrogens is 2. The summed E-state index contributed by atoms with van der Waals surface area (Å²) in [7, 11) is -3.34. The van der Waals surface area contributed by atoms with Gasteiger partial charge in [0.2, 0.25) is 0 Å². The molecule has 0 saturated carbocycles. The molecule has 0 aliphatic rings. The summed E-state index contributed by atoms with van der Waals surface area (Å²) < 4.78 is 30.2. The Labute approximate surface area is 212 Å². The number of benzene rings is 3. The molecule has 2 aromatic heterocycles. The first-order chi connectivity index (χ1) is 17.3. The molecule has 2 heterocycles. The van der Waals surface area contributed by atoms with Gasteiger partial charge < -0.3 is 4.74 Å². The zero-order valence-electron chi connectivity index (χ0n) is 19.7. The van der Waals surface area contributed by atoms with Crippen molar-refractivity contribution >= 4 is 53.3 Å². The van der Waals surface area contributed by atoms with E-state index in [2.05, 4.69) is 17.2 Å². The number of nitrogens with one attached hydrogen (secondary N) is 1. The van der Waals surface area contributed by atoms with Gasteiger partial charge in [-0.25, -0.2) is 18.4 Å². The second kappa shape index (κ2) is 9.67. The molecule has 0 aliphatic heterocycles. The van der Waals surface area contributed by atoms with Gasteiger partial charge in [0.15, 0.2) is 15.0 Å². The van der Waals surface area contributed by atoms with Crippen molar-refractivity contribution in [3.8, 4) is 17.0 Å². The van der Waals surface area contributed by atoms with Crippen molar-refractivity contribution in [3.63, 3.8) is 0 Å². The molecule has 9 heteroatoms. The molecule has 0 saturated heterocycles. The number of sulfone groups is 1. The van der Waals surface area contributed by atoms with Crippen molar-refractivity contribution in [2.75, 3.05) is 18.2 Å². The third-order valence-electron chi connectivity index (χ3n) is 5.57. The van der Waals surface area contributed by atoms with E-state index in [1.165, 1.54) is 17.4 Å². The Hall–Kier alpha value is -3.82. The Morgan fingerprint density at radius 1 is 0.972 bits per heavy atom. The predicted molar refractivity (Wildman–Crippen MR) is 144 cm³/mol. The van der Waals surface area contributed by atoms with Crippen LogP contribution in [0.3, 0.4) is 0 Å². The molecule has 0 unspecified atom stereocenters. The number of nitrogens with zero attached hydrogens (tertiary/aromatic N) is 2. The molecule has 5 rings (SSSR count). The van der Waals surface area contributed by atoms with Gasteiger partial charge in [0.05, 0.1) is 38.5 Å². The van der Waals surface area contributed by atoms with E-state index in [0.717, 1.165) is 29.4 Å². The number of thiazole rings is 1. The highest BCUT2D eigenvalue weighted by molar-refractivity contribution is 7.90. The Balaban J connectivity index is 1.52. The first-order valence-electron chi connectivity index (χ1n) is 11.4. The number of hydrogen-bond donors (Lipinski definition) is 1. The Morgan fingerprint density at radius 2 is 1.81 bits per heavy atom. The normalized spacial score (nSPS) is 11.6. The van der Waals surface area contributed by atoms with Crippen LogP contribution in [0.5, 0.6) is 5.75 Å². The molecule has 1 N–H and O–H groups in total. The number of pyridine rings is 1. The number of rotatable bonds is 7. The van der Waals surface area contributed by atoms with Crippen LogP contribution >= 0.6 is 11.3 Å². The first-order valence-corrected chi connectivity index (χ1v) is 14.1. The maximum Gasteiger partial charge on any atom is 0.258 e. The van der Waals surface area contributed by atoms with E-state index in [4.69, 9.17) is 9.72 Å². The smallest absolute Gasteiger partial charge is 0.258 e. The summed E-state index contributed by atoms with van der Waals surface area (Å²) in [5, 5.41) is 3.99. The predicted octanol–water partition coefficient (Wildman–Crippen LogP) is 5.96. The molecular formula is C27H23N3O4S2. The van der Waals surface area contributed by atoms with Crippen molar-refractivity contribution in [1.29, 1.82) is 0 Å². The molecule has 0 fully saturated rings. The van der Waals surface area contributed by atoms with E-state index in [1.807, 2.05) is 48.5 Å². The number of amides is 1. The summed E-state index contributed by atoms with van der Waals surface area (Å²) >= 11 is 1.23. The molecule has 1 amide bonds. The molecule has 7 nitrogen and oxygen atoms in total. The van der Waals surface area contributed by atoms with Crippen LogP contribution in [-0.4, -0.2) is 37.2 Å². The van der Waals surface area contributed by atoms with E-state index in [9.17, 15) is 13.2 Å². The lowest BCUT2D eigenvalue weighted by atomic mass is 10.0. The standard InChI is InChI=1S/C27H23N3O4S2/c1-3-13-34-18-8-6-7-17(14-18)24-16-21(20-9-4-5-10-22(20)28-24)26(31)30-27-29-23-12-11-19(36(2,32)33)15-25(23)35-27/h4-12,14-16H,3,13H2,1-2H3,(H,29,30,31). The molecule has 0 radical (unpaired) electrons. The lowest BCUT2D eigenvalue weighted by Gasteiger charge is -2.11. The minimum Gasteiger partial charge on any atom is -0.494 e. The average Bonchev–Trinajstić information content (AvgIpc) is 3.28. The summed E-state index contributed by atoms with van der Waals surface area (Å²) in [6.07, 6.45) is 2.07. The van der Waals surface area contributed by atoms with Gasteiger partial charge in [-0.2, -0.15) is 0 Å². The summed E-state index contributed by atoms with van der Waals surface area (Å²) in [4.78, 5) is 22.9. The van der Waals surface area contributed by atoms with Crippen molar-refractivity contribution in [2.24, 2.45) is 0 Å². The fourth-order valence-electron chi connectivity index (χ4n) is 3.83. The number of fused-ring (bicyclic) bond motifs is 2.